The smallest absolute Gasteiger partial charge is 0.137 e. The molecule has 1 unspecified atom stereocenters. The molecule has 4 heteroatoms. The highest BCUT2D eigenvalue weighted by molar-refractivity contribution is 6.32. The fraction of sp³-hybridized carbons (Fsp3) is 0.333. The predicted molar refractivity (Wildman–Crippen MR) is 91.1 cm³/mol. The normalized spacial score (nSPS) is 12.0. The summed E-state index contributed by atoms with van der Waals surface area (Å²) in [7, 11) is 1.67. The van der Waals surface area contributed by atoms with E-state index in [9.17, 15) is 0 Å². The minimum atomic E-state index is 0.224. The maximum atomic E-state index is 6.27. The van der Waals surface area contributed by atoms with Crippen molar-refractivity contribution < 1.29 is 9.47 Å². The molecule has 0 saturated carbocycles. The lowest BCUT2D eigenvalue weighted by Gasteiger charge is -2.17. The average molecular weight is 320 g/mol. The highest BCUT2D eigenvalue weighted by Crippen LogP contribution is 2.30. The molecule has 0 spiro atoms. The molecule has 0 fully saturated rings. The number of benzene rings is 2. The van der Waals surface area contributed by atoms with E-state index in [0.717, 1.165) is 17.7 Å². The van der Waals surface area contributed by atoms with Crippen molar-refractivity contribution in [1.82, 2.24) is 0 Å². The molecule has 0 radical (unpaired) electrons. The van der Waals surface area contributed by atoms with E-state index in [-0.39, 0.29) is 5.92 Å². The van der Waals surface area contributed by atoms with Gasteiger partial charge in [0, 0.05) is 5.92 Å². The third kappa shape index (κ3) is 4.15. The third-order valence-corrected chi connectivity index (χ3v) is 3.95. The minimum absolute atomic E-state index is 0.224. The molecule has 0 heterocycles. The number of methoxy groups -OCH3 is 1. The van der Waals surface area contributed by atoms with Crippen LogP contribution in [0.3, 0.4) is 0 Å². The molecule has 0 saturated heterocycles. The fourth-order valence-corrected chi connectivity index (χ4v) is 2.67. The maximum absolute atomic E-state index is 6.27. The van der Waals surface area contributed by atoms with E-state index >= 15 is 0 Å². The van der Waals surface area contributed by atoms with Gasteiger partial charge in [-0.15, -0.1) is 0 Å². The van der Waals surface area contributed by atoms with Crippen LogP contribution in [0.4, 0.5) is 0 Å². The molecule has 0 amide bonds. The first kappa shape index (κ1) is 16.7. The van der Waals surface area contributed by atoms with Gasteiger partial charge in [0.25, 0.3) is 0 Å². The van der Waals surface area contributed by atoms with Crippen LogP contribution < -0.4 is 15.2 Å². The van der Waals surface area contributed by atoms with E-state index in [4.69, 9.17) is 26.8 Å². The van der Waals surface area contributed by atoms with E-state index in [1.54, 1.807) is 7.11 Å². The molecule has 0 bridgehead atoms. The molecule has 0 aliphatic rings. The van der Waals surface area contributed by atoms with Crippen LogP contribution in [-0.2, 0) is 6.42 Å². The van der Waals surface area contributed by atoms with Crippen molar-refractivity contribution in [3.8, 4) is 11.5 Å². The lowest BCUT2D eigenvalue weighted by atomic mass is 9.92. The number of ether oxygens (including phenoxy) is 2. The van der Waals surface area contributed by atoms with Crippen LogP contribution in [-0.4, -0.2) is 20.3 Å². The largest absolute Gasteiger partial charge is 0.497 e. The molecule has 3 nitrogen and oxygen atoms in total. The Balaban J connectivity index is 2.14. The zero-order valence-electron chi connectivity index (χ0n) is 13.0. The standard InChI is InChI=1S/C18H22ClNO2/c1-3-22-18-9-6-14(11-17(18)19)15(12-20)10-13-4-7-16(21-2)8-5-13/h4-9,11,15H,3,10,12,20H2,1-2H3. The summed E-state index contributed by atoms with van der Waals surface area (Å²) in [4.78, 5) is 0. The van der Waals surface area contributed by atoms with Gasteiger partial charge in [0.1, 0.15) is 11.5 Å². The molecule has 1 atom stereocenters. The summed E-state index contributed by atoms with van der Waals surface area (Å²) < 4.78 is 10.7. The monoisotopic (exact) mass is 319 g/mol. The molecule has 0 aliphatic heterocycles. The van der Waals surface area contributed by atoms with E-state index in [2.05, 4.69) is 12.1 Å². The average Bonchev–Trinajstić information content (AvgIpc) is 2.55. The highest BCUT2D eigenvalue weighted by atomic mass is 35.5. The Hall–Kier alpha value is -1.71. The summed E-state index contributed by atoms with van der Waals surface area (Å²) in [6.07, 6.45) is 0.866. The van der Waals surface area contributed by atoms with E-state index in [0.29, 0.717) is 23.9 Å². The topological polar surface area (TPSA) is 44.5 Å². The lowest BCUT2D eigenvalue weighted by molar-refractivity contribution is 0.340. The van der Waals surface area contributed by atoms with Gasteiger partial charge in [-0.2, -0.15) is 0 Å². The van der Waals surface area contributed by atoms with Gasteiger partial charge in [0.05, 0.1) is 18.7 Å². The molecule has 2 aromatic carbocycles. The van der Waals surface area contributed by atoms with Crippen molar-refractivity contribution in [3.05, 3.63) is 58.6 Å². The SMILES string of the molecule is CCOc1ccc(C(CN)Cc2ccc(OC)cc2)cc1Cl. The third-order valence-electron chi connectivity index (χ3n) is 3.65. The second kappa shape index (κ2) is 8.06. The summed E-state index contributed by atoms with van der Waals surface area (Å²) in [5.41, 5.74) is 8.31. The van der Waals surface area contributed by atoms with E-state index in [1.165, 1.54) is 5.56 Å². The molecule has 2 aromatic rings. The summed E-state index contributed by atoms with van der Waals surface area (Å²) in [6.45, 7) is 3.11. The quantitative estimate of drug-likeness (QED) is 0.838. The Morgan fingerprint density at radius 1 is 1.14 bits per heavy atom. The van der Waals surface area contributed by atoms with Gasteiger partial charge in [-0.3, -0.25) is 0 Å². The van der Waals surface area contributed by atoms with Gasteiger partial charge >= 0.3 is 0 Å². The molecule has 118 valence electrons. The van der Waals surface area contributed by atoms with Crippen LogP contribution in [0.15, 0.2) is 42.5 Å². The van der Waals surface area contributed by atoms with Gasteiger partial charge < -0.3 is 15.2 Å². The molecule has 2 rings (SSSR count). The van der Waals surface area contributed by atoms with Gasteiger partial charge in [0.15, 0.2) is 0 Å². The number of hydrogen-bond acceptors (Lipinski definition) is 3. The first-order valence-corrected chi connectivity index (χ1v) is 7.81. The molecule has 0 aromatic heterocycles. The van der Waals surface area contributed by atoms with Crippen LogP contribution >= 0.6 is 11.6 Å². The minimum Gasteiger partial charge on any atom is -0.497 e. The van der Waals surface area contributed by atoms with Crippen molar-refractivity contribution >= 4 is 11.6 Å². The van der Waals surface area contributed by atoms with Gasteiger partial charge in [-0.1, -0.05) is 29.8 Å². The van der Waals surface area contributed by atoms with Gasteiger partial charge in [-0.25, -0.2) is 0 Å². The Kier molecular flexibility index (Phi) is 6.10. The van der Waals surface area contributed by atoms with Crippen molar-refractivity contribution in [1.29, 1.82) is 0 Å². The Labute approximate surface area is 137 Å². The van der Waals surface area contributed by atoms with Crippen LogP contribution in [0.25, 0.3) is 0 Å². The van der Waals surface area contributed by atoms with Crippen molar-refractivity contribution in [3.63, 3.8) is 0 Å². The Morgan fingerprint density at radius 2 is 1.86 bits per heavy atom. The van der Waals surface area contributed by atoms with Gasteiger partial charge in [-0.05, 0) is 55.3 Å². The molecule has 22 heavy (non-hydrogen) atoms. The van der Waals surface area contributed by atoms with Crippen LogP contribution in [0.1, 0.15) is 24.0 Å². The summed E-state index contributed by atoms with van der Waals surface area (Å²) >= 11 is 6.27. The number of halogens is 1. The van der Waals surface area contributed by atoms with E-state index < -0.39 is 0 Å². The van der Waals surface area contributed by atoms with Crippen molar-refractivity contribution in [2.24, 2.45) is 5.73 Å². The fourth-order valence-electron chi connectivity index (χ4n) is 2.43. The number of nitrogens with two attached hydrogens (primary N) is 1. The van der Waals surface area contributed by atoms with Crippen LogP contribution in [0.2, 0.25) is 5.02 Å². The first-order chi connectivity index (χ1) is 10.7. The van der Waals surface area contributed by atoms with Crippen molar-refractivity contribution in [2.75, 3.05) is 20.3 Å². The highest BCUT2D eigenvalue weighted by Gasteiger charge is 2.13. The second-order valence-corrected chi connectivity index (χ2v) is 5.51. The maximum Gasteiger partial charge on any atom is 0.137 e. The number of hydrogen-bond donors (Lipinski definition) is 1. The zero-order valence-corrected chi connectivity index (χ0v) is 13.8. The molecule has 2 N–H and O–H groups in total. The summed E-state index contributed by atoms with van der Waals surface area (Å²) in [5, 5.41) is 0.632. The first-order valence-electron chi connectivity index (χ1n) is 7.43. The van der Waals surface area contributed by atoms with Crippen molar-refractivity contribution in [2.45, 2.75) is 19.3 Å². The summed E-state index contributed by atoms with van der Waals surface area (Å²) in [5.74, 6) is 1.80. The zero-order chi connectivity index (χ0) is 15.9. The second-order valence-electron chi connectivity index (χ2n) is 5.11. The molecular weight excluding hydrogens is 298 g/mol. The summed E-state index contributed by atoms with van der Waals surface area (Å²) in [6, 6.07) is 14.0. The predicted octanol–water partition coefficient (Wildman–Crippen LogP) is 4.03. The lowest BCUT2D eigenvalue weighted by Crippen LogP contribution is -2.15. The Bertz CT molecular complexity index is 599. The van der Waals surface area contributed by atoms with Crippen LogP contribution in [0.5, 0.6) is 11.5 Å². The Morgan fingerprint density at radius 3 is 2.41 bits per heavy atom. The molecular formula is C18H22ClNO2. The van der Waals surface area contributed by atoms with Gasteiger partial charge in [0.2, 0.25) is 0 Å². The van der Waals surface area contributed by atoms with E-state index in [1.807, 2.05) is 37.3 Å². The number of rotatable bonds is 7. The van der Waals surface area contributed by atoms with Crippen LogP contribution in [0, 0.1) is 0 Å². The molecule has 0 aliphatic carbocycles.